The number of carbonyl (C=O) groups is 1. The second-order valence-electron chi connectivity index (χ2n) is 8.31. The molecule has 5 rings (SSSR count). The Balaban J connectivity index is 1.38. The molecule has 1 amide bonds. The third-order valence-electron chi connectivity index (χ3n) is 6.02. The van der Waals surface area contributed by atoms with Crippen molar-refractivity contribution < 1.29 is 9.18 Å². The molecular weight excluding hydrogens is 461 g/mol. The van der Waals surface area contributed by atoms with E-state index in [0.29, 0.717) is 17.3 Å². The van der Waals surface area contributed by atoms with Gasteiger partial charge in [-0.2, -0.15) is 0 Å². The topological polar surface area (TPSA) is 62.2 Å². The highest BCUT2D eigenvalue weighted by Gasteiger charge is 2.40. The predicted molar refractivity (Wildman–Crippen MR) is 138 cm³/mol. The van der Waals surface area contributed by atoms with Crippen molar-refractivity contribution in [3.8, 4) is 5.69 Å². The lowest BCUT2D eigenvalue weighted by molar-refractivity contribution is -0.116. The zero-order valence-electron chi connectivity index (χ0n) is 18.8. The molecular formula is C27H24FN5OS. The van der Waals surface area contributed by atoms with Crippen LogP contribution in [-0.4, -0.2) is 32.0 Å². The number of pyridine rings is 1. The molecule has 8 heteroatoms. The van der Waals surface area contributed by atoms with Crippen LogP contribution in [0.4, 0.5) is 10.1 Å². The van der Waals surface area contributed by atoms with Crippen molar-refractivity contribution in [2.75, 3.05) is 11.9 Å². The number of aromatic nitrogens is 2. The van der Waals surface area contributed by atoms with Crippen molar-refractivity contribution in [1.29, 1.82) is 0 Å². The number of amides is 1. The van der Waals surface area contributed by atoms with Gasteiger partial charge in [-0.3, -0.25) is 9.78 Å². The second kappa shape index (κ2) is 10.1. The highest BCUT2D eigenvalue weighted by atomic mass is 32.1. The molecule has 0 saturated carbocycles. The van der Waals surface area contributed by atoms with Crippen LogP contribution in [0.3, 0.4) is 0 Å². The van der Waals surface area contributed by atoms with Crippen molar-refractivity contribution in [3.05, 3.63) is 115 Å². The number of hydrogen-bond acceptors (Lipinski definition) is 3. The normalized spacial score (nSPS) is 17.3. The van der Waals surface area contributed by atoms with Gasteiger partial charge in [-0.15, -0.1) is 0 Å². The van der Waals surface area contributed by atoms with Gasteiger partial charge in [-0.25, -0.2) is 4.39 Å². The molecule has 176 valence electrons. The van der Waals surface area contributed by atoms with E-state index in [1.165, 1.54) is 12.1 Å². The maximum absolute atomic E-state index is 13.2. The number of rotatable bonds is 7. The molecule has 6 nitrogen and oxygen atoms in total. The van der Waals surface area contributed by atoms with E-state index in [2.05, 4.69) is 44.6 Å². The van der Waals surface area contributed by atoms with E-state index >= 15 is 0 Å². The number of para-hydroxylation sites is 1. The summed E-state index contributed by atoms with van der Waals surface area (Å²) in [4.78, 5) is 19.2. The fourth-order valence-corrected chi connectivity index (χ4v) is 4.67. The van der Waals surface area contributed by atoms with Gasteiger partial charge in [0.05, 0.1) is 17.8 Å². The van der Waals surface area contributed by atoms with Gasteiger partial charge in [0, 0.05) is 42.9 Å². The Bertz CT molecular complexity index is 1310. The minimum absolute atomic E-state index is 0.138. The average Bonchev–Trinajstić information content (AvgIpc) is 3.50. The SMILES string of the molecule is O=C(CCN1C(=S)N[C@H](c2ccccn2)[C@@H]1c1ccn(-c2ccccc2)c1)Nc1ccc(F)cc1. The van der Waals surface area contributed by atoms with Crippen molar-refractivity contribution >= 4 is 28.9 Å². The predicted octanol–water partition coefficient (Wildman–Crippen LogP) is 5.01. The summed E-state index contributed by atoms with van der Waals surface area (Å²) in [6.07, 6.45) is 6.12. The number of hydrogen-bond donors (Lipinski definition) is 2. The van der Waals surface area contributed by atoms with Gasteiger partial charge in [0.15, 0.2) is 5.11 Å². The quantitative estimate of drug-likeness (QED) is 0.360. The highest BCUT2D eigenvalue weighted by Crippen LogP contribution is 2.39. The molecule has 1 aliphatic heterocycles. The highest BCUT2D eigenvalue weighted by molar-refractivity contribution is 7.80. The monoisotopic (exact) mass is 485 g/mol. The maximum Gasteiger partial charge on any atom is 0.226 e. The zero-order valence-corrected chi connectivity index (χ0v) is 19.7. The van der Waals surface area contributed by atoms with Crippen molar-refractivity contribution in [2.45, 2.75) is 18.5 Å². The molecule has 0 unspecified atom stereocenters. The number of halogens is 1. The van der Waals surface area contributed by atoms with E-state index in [9.17, 15) is 9.18 Å². The summed E-state index contributed by atoms with van der Waals surface area (Å²) >= 11 is 5.70. The lowest BCUT2D eigenvalue weighted by Gasteiger charge is -2.27. The molecule has 2 atom stereocenters. The summed E-state index contributed by atoms with van der Waals surface area (Å²) in [5.41, 5.74) is 3.56. The summed E-state index contributed by atoms with van der Waals surface area (Å²) in [5, 5.41) is 6.80. The third kappa shape index (κ3) is 5.07. The van der Waals surface area contributed by atoms with E-state index in [4.69, 9.17) is 12.2 Å². The van der Waals surface area contributed by atoms with E-state index in [1.807, 2.05) is 47.5 Å². The largest absolute Gasteiger partial charge is 0.352 e. The standard InChI is InChI=1S/C27H24FN5OS/c28-20-9-11-21(12-10-20)30-24(34)14-17-33-26(25(31-27(33)35)23-8-4-5-15-29-23)19-13-16-32(18-19)22-6-2-1-3-7-22/h1-13,15-16,18,25-26H,14,17H2,(H,30,34)(H,31,35)/t25-,26+/m1/s1. The Morgan fingerprint density at radius 1 is 1.03 bits per heavy atom. The third-order valence-corrected chi connectivity index (χ3v) is 6.37. The molecule has 35 heavy (non-hydrogen) atoms. The maximum atomic E-state index is 13.2. The Kier molecular flexibility index (Phi) is 6.54. The van der Waals surface area contributed by atoms with Crippen LogP contribution in [0.25, 0.3) is 5.69 Å². The Morgan fingerprint density at radius 3 is 2.54 bits per heavy atom. The minimum atomic E-state index is -0.345. The summed E-state index contributed by atoms with van der Waals surface area (Å²) in [6.45, 7) is 0.420. The van der Waals surface area contributed by atoms with Gasteiger partial charge < -0.3 is 20.1 Å². The molecule has 1 fully saturated rings. The number of nitrogens with one attached hydrogen (secondary N) is 2. The van der Waals surface area contributed by atoms with Crippen LogP contribution >= 0.6 is 12.2 Å². The first-order chi connectivity index (χ1) is 17.1. The average molecular weight is 486 g/mol. The molecule has 1 saturated heterocycles. The van der Waals surface area contributed by atoms with E-state index in [-0.39, 0.29) is 30.2 Å². The second-order valence-corrected chi connectivity index (χ2v) is 8.70. The van der Waals surface area contributed by atoms with Crippen LogP contribution in [0, 0.1) is 5.82 Å². The number of nitrogens with zero attached hydrogens (tertiary/aromatic N) is 3. The van der Waals surface area contributed by atoms with Crippen LogP contribution in [0.2, 0.25) is 0 Å². The molecule has 4 aromatic rings. The lowest BCUT2D eigenvalue weighted by atomic mass is 9.99. The van der Waals surface area contributed by atoms with Crippen LogP contribution in [0.1, 0.15) is 29.8 Å². The molecule has 2 aromatic carbocycles. The molecule has 0 aliphatic carbocycles. The zero-order chi connectivity index (χ0) is 24.2. The van der Waals surface area contributed by atoms with Crippen molar-refractivity contribution in [3.63, 3.8) is 0 Å². The fourth-order valence-electron chi connectivity index (χ4n) is 4.34. The van der Waals surface area contributed by atoms with Crippen molar-refractivity contribution in [1.82, 2.24) is 19.8 Å². The molecule has 2 aromatic heterocycles. The molecule has 2 N–H and O–H groups in total. The number of benzene rings is 2. The Labute approximate surface area is 208 Å². The van der Waals surface area contributed by atoms with E-state index in [1.54, 1.807) is 18.3 Å². The summed E-state index contributed by atoms with van der Waals surface area (Å²) in [5.74, 6) is -0.511. The number of thiocarbonyl (C=S) groups is 1. The van der Waals surface area contributed by atoms with Crippen LogP contribution < -0.4 is 10.6 Å². The molecule has 0 spiro atoms. The molecule has 1 aliphatic rings. The molecule has 0 radical (unpaired) electrons. The van der Waals surface area contributed by atoms with Crippen LogP contribution in [0.5, 0.6) is 0 Å². The van der Waals surface area contributed by atoms with Gasteiger partial charge >= 0.3 is 0 Å². The first kappa shape index (κ1) is 22.7. The van der Waals surface area contributed by atoms with Crippen LogP contribution in [0.15, 0.2) is 97.5 Å². The summed E-state index contributed by atoms with van der Waals surface area (Å²) in [6, 6.07) is 23.4. The minimum Gasteiger partial charge on any atom is -0.352 e. The van der Waals surface area contributed by atoms with E-state index < -0.39 is 0 Å². The fraction of sp³-hybridized carbons (Fsp3) is 0.148. The Morgan fingerprint density at radius 2 is 1.80 bits per heavy atom. The number of carbonyl (C=O) groups excluding carboxylic acids is 1. The summed E-state index contributed by atoms with van der Waals surface area (Å²) < 4.78 is 15.2. The molecule has 3 heterocycles. The van der Waals surface area contributed by atoms with Gasteiger partial charge in [0.25, 0.3) is 0 Å². The first-order valence-corrected chi connectivity index (χ1v) is 11.8. The van der Waals surface area contributed by atoms with E-state index in [0.717, 1.165) is 16.9 Å². The number of anilines is 1. The lowest BCUT2D eigenvalue weighted by Crippen LogP contribution is -2.32. The van der Waals surface area contributed by atoms with Gasteiger partial charge in [0.2, 0.25) is 5.91 Å². The molecule has 0 bridgehead atoms. The van der Waals surface area contributed by atoms with Gasteiger partial charge in [0.1, 0.15) is 5.82 Å². The van der Waals surface area contributed by atoms with Gasteiger partial charge in [-0.05, 0) is 72.4 Å². The summed E-state index contributed by atoms with van der Waals surface area (Å²) in [7, 11) is 0. The van der Waals surface area contributed by atoms with Crippen LogP contribution in [-0.2, 0) is 4.79 Å². The van der Waals surface area contributed by atoms with Gasteiger partial charge in [-0.1, -0.05) is 24.3 Å². The van der Waals surface area contributed by atoms with Crippen molar-refractivity contribution in [2.24, 2.45) is 0 Å². The Hall–Kier alpha value is -4.04. The first-order valence-electron chi connectivity index (χ1n) is 11.4. The smallest absolute Gasteiger partial charge is 0.226 e.